The van der Waals surface area contributed by atoms with Crippen LogP contribution in [0.1, 0.15) is 16.7 Å². The second-order valence-electron chi connectivity index (χ2n) is 8.22. The van der Waals surface area contributed by atoms with E-state index in [2.05, 4.69) is 5.32 Å². The molecule has 2 heterocycles. The number of aryl methyl sites for hydroxylation is 1. The highest BCUT2D eigenvalue weighted by Gasteiger charge is 2.59. The van der Waals surface area contributed by atoms with Crippen LogP contribution in [0, 0.1) is 24.4 Å². The fourth-order valence-corrected chi connectivity index (χ4v) is 5.83. The first-order valence-corrected chi connectivity index (χ1v) is 11.6. The van der Waals surface area contributed by atoms with Gasteiger partial charge in [0.1, 0.15) is 17.5 Å². The molecule has 1 saturated heterocycles. The number of fused-ring (bicyclic) bond motifs is 2. The number of benzene rings is 3. The zero-order valence-electron chi connectivity index (χ0n) is 18.1. The van der Waals surface area contributed by atoms with E-state index < -0.39 is 28.4 Å². The average Bonchev–Trinajstić information content (AvgIpc) is 3.35. The monoisotopic (exact) mass is 483 g/mol. The molecule has 1 N–H and O–H groups in total. The van der Waals surface area contributed by atoms with Gasteiger partial charge >= 0.3 is 6.03 Å². The molecule has 9 heteroatoms. The maximum atomic E-state index is 14.3. The summed E-state index contributed by atoms with van der Waals surface area (Å²) >= 11 is 1.25. The Morgan fingerprint density at radius 2 is 1.76 bits per heavy atom. The number of amides is 3. The number of thioether (sulfide) groups is 1. The minimum absolute atomic E-state index is 0.138. The Balaban J connectivity index is 1.52. The molecule has 3 aromatic carbocycles. The SMILES string of the molecule is Cc1ccc(NC(=O)N2CCS[C@]23C(=O)N(Cc2ccc(F)cc2)c2ccc(F)cc23)cc1F. The summed E-state index contributed by atoms with van der Waals surface area (Å²) in [5.74, 6) is -1.30. The third-order valence-electron chi connectivity index (χ3n) is 6.08. The van der Waals surface area contributed by atoms with Gasteiger partial charge in [-0.2, -0.15) is 0 Å². The molecule has 0 aromatic heterocycles. The minimum Gasteiger partial charge on any atom is -0.308 e. The Bertz CT molecular complexity index is 1300. The Morgan fingerprint density at radius 1 is 1.03 bits per heavy atom. The van der Waals surface area contributed by atoms with Crippen LogP contribution in [0.3, 0.4) is 0 Å². The van der Waals surface area contributed by atoms with Crippen molar-refractivity contribution in [2.24, 2.45) is 0 Å². The predicted octanol–water partition coefficient (Wildman–Crippen LogP) is 5.39. The summed E-state index contributed by atoms with van der Waals surface area (Å²) in [6, 6.07) is 13.6. The topological polar surface area (TPSA) is 52.7 Å². The molecule has 0 unspecified atom stereocenters. The first-order valence-electron chi connectivity index (χ1n) is 10.6. The molecule has 0 bridgehead atoms. The molecule has 2 aliphatic heterocycles. The van der Waals surface area contributed by atoms with Crippen molar-refractivity contribution in [2.75, 3.05) is 22.5 Å². The normalized spacial score (nSPS) is 19.1. The summed E-state index contributed by atoms with van der Waals surface area (Å²) in [4.78, 5) is 28.6. The standard InChI is InChI=1S/C25H20F3N3O2S/c1-15-2-8-19(13-21(15)28)29-24(33)31-10-11-34-25(31)20-12-18(27)7-9-22(20)30(23(25)32)14-16-3-5-17(26)6-4-16/h2-9,12-13H,10-11,14H2,1H3,(H,29,33)/t25-/m1/s1. The van der Waals surface area contributed by atoms with Crippen LogP contribution in [0.5, 0.6) is 0 Å². The zero-order valence-corrected chi connectivity index (χ0v) is 19.0. The van der Waals surface area contributed by atoms with Gasteiger partial charge in [-0.1, -0.05) is 18.2 Å². The van der Waals surface area contributed by atoms with Crippen molar-refractivity contribution in [3.8, 4) is 0 Å². The number of hydrogen-bond acceptors (Lipinski definition) is 3. The molecule has 5 rings (SSSR count). The van der Waals surface area contributed by atoms with Gasteiger partial charge in [0.2, 0.25) is 0 Å². The van der Waals surface area contributed by atoms with E-state index in [9.17, 15) is 22.8 Å². The lowest BCUT2D eigenvalue weighted by Crippen LogP contribution is -2.51. The molecular formula is C25H20F3N3O2S. The first kappa shape index (κ1) is 22.3. The maximum Gasteiger partial charge on any atom is 0.323 e. The number of anilines is 2. The summed E-state index contributed by atoms with van der Waals surface area (Å²) in [6.07, 6.45) is 0. The highest BCUT2D eigenvalue weighted by molar-refractivity contribution is 8.01. The van der Waals surface area contributed by atoms with Gasteiger partial charge in [-0.05, 0) is 60.5 Å². The van der Waals surface area contributed by atoms with Crippen molar-refractivity contribution in [3.05, 3.63) is 94.8 Å². The molecule has 3 amide bonds. The molecule has 1 atom stereocenters. The lowest BCUT2D eigenvalue weighted by atomic mass is 10.1. The number of carbonyl (C=O) groups is 2. The number of urea groups is 1. The second-order valence-corrected chi connectivity index (χ2v) is 9.51. The number of hydrogen-bond donors (Lipinski definition) is 1. The summed E-state index contributed by atoms with van der Waals surface area (Å²) < 4.78 is 41.7. The fraction of sp³-hybridized carbons (Fsp3) is 0.200. The molecule has 1 fully saturated rings. The number of nitrogens with one attached hydrogen (secondary N) is 1. The molecule has 0 radical (unpaired) electrons. The van der Waals surface area contributed by atoms with Crippen LogP contribution in [0.2, 0.25) is 0 Å². The maximum absolute atomic E-state index is 14.3. The van der Waals surface area contributed by atoms with Gasteiger partial charge < -0.3 is 10.2 Å². The highest BCUT2D eigenvalue weighted by atomic mass is 32.2. The Morgan fingerprint density at radius 3 is 2.50 bits per heavy atom. The van der Waals surface area contributed by atoms with Crippen molar-refractivity contribution in [3.63, 3.8) is 0 Å². The molecule has 34 heavy (non-hydrogen) atoms. The largest absolute Gasteiger partial charge is 0.323 e. The lowest BCUT2D eigenvalue weighted by molar-refractivity contribution is -0.123. The molecule has 2 aliphatic rings. The molecule has 1 spiro atoms. The van der Waals surface area contributed by atoms with Crippen molar-refractivity contribution >= 4 is 35.1 Å². The van der Waals surface area contributed by atoms with E-state index in [-0.39, 0.29) is 24.7 Å². The predicted molar refractivity (Wildman–Crippen MR) is 125 cm³/mol. The van der Waals surface area contributed by atoms with E-state index >= 15 is 0 Å². The van der Waals surface area contributed by atoms with Gasteiger partial charge in [0, 0.05) is 23.5 Å². The van der Waals surface area contributed by atoms with Gasteiger partial charge in [0.05, 0.1) is 12.2 Å². The molecule has 0 saturated carbocycles. The van der Waals surface area contributed by atoms with E-state index in [0.29, 0.717) is 28.1 Å². The van der Waals surface area contributed by atoms with E-state index in [0.717, 1.165) is 0 Å². The quantitative estimate of drug-likeness (QED) is 0.543. The van der Waals surface area contributed by atoms with Gasteiger partial charge in [-0.15, -0.1) is 11.8 Å². The van der Waals surface area contributed by atoms with Crippen LogP contribution in [0.25, 0.3) is 0 Å². The lowest BCUT2D eigenvalue weighted by Gasteiger charge is -2.33. The Kier molecular flexibility index (Phi) is 5.51. The average molecular weight is 484 g/mol. The summed E-state index contributed by atoms with van der Waals surface area (Å²) in [6.45, 7) is 2.00. The number of nitrogens with zero attached hydrogens (tertiary/aromatic N) is 2. The van der Waals surface area contributed by atoms with Crippen molar-refractivity contribution in [1.82, 2.24) is 4.90 Å². The van der Waals surface area contributed by atoms with Crippen LogP contribution in [-0.4, -0.2) is 29.1 Å². The number of halogens is 3. The van der Waals surface area contributed by atoms with E-state index in [1.54, 1.807) is 31.2 Å². The van der Waals surface area contributed by atoms with Gasteiger partial charge in [0.15, 0.2) is 4.87 Å². The van der Waals surface area contributed by atoms with Gasteiger partial charge in [0.25, 0.3) is 5.91 Å². The summed E-state index contributed by atoms with van der Waals surface area (Å²) in [5.41, 5.74) is 2.26. The van der Waals surface area contributed by atoms with Crippen LogP contribution >= 0.6 is 11.8 Å². The third kappa shape index (κ3) is 3.60. The van der Waals surface area contributed by atoms with E-state index in [1.807, 2.05) is 0 Å². The minimum atomic E-state index is -1.45. The summed E-state index contributed by atoms with van der Waals surface area (Å²) in [7, 11) is 0. The molecule has 3 aromatic rings. The second kappa shape index (κ2) is 8.39. The molecule has 174 valence electrons. The Labute approximate surface area is 198 Å². The molecule has 0 aliphatic carbocycles. The van der Waals surface area contributed by atoms with E-state index in [1.165, 1.54) is 58.0 Å². The third-order valence-corrected chi connectivity index (χ3v) is 7.50. The fourth-order valence-electron chi connectivity index (χ4n) is 4.38. The summed E-state index contributed by atoms with van der Waals surface area (Å²) in [5, 5.41) is 2.67. The number of carbonyl (C=O) groups excluding carboxylic acids is 2. The molecule has 5 nitrogen and oxygen atoms in total. The molecular weight excluding hydrogens is 463 g/mol. The van der Waals surface area contributed by atoms with Crippen LogP contribution in [0.4, 0.5) is 29.3 Å². The van der Waals surface area contributed by atoms with Crippen LogP contribution in [0.15, 0.2) is 60.7 Å². The van der Waals surface area contributed by atoms with Crippen molar-refractivity contribution in [1.29, 1.82) is 0 Å². The van der Waals surface area contributed by atoms with Gasteiger partial charge in [-0.25, -0.2) is 18.0 Å². The van der Waals surface area contributed by atoms with Gasteiger partial charge in [-0.3, -0.25) is 9.69 Å². The van der Waals surface area contributed by atoms with Crippen molar-refractivity contribution < 1.29 is 22.8 Å². The highest BCUT2D eigenvalue weighted by Crippen LogP contribution is 2.54. The number of rotatable bonds is 3. The van der Waals surface area contributed by atoms with Crippen LogP contribution in [-0.2, 0) is 16.2 Å². The van der Waals surface area contributed by atoms with Crippen molar-refractivity contribution in [2.45, 2.75) is 18.3 Å². The van der Waals surface area contributed by atoms with Crippen LogP contribution < -0.4 is 10.2 Å². The smallest absolute Gasteiger partial charge is 0.308 e. The zero-order chi connectivity index (χ0) is 24.0. The Hall–Kier alpha value is -3.46. The first-order chi connectivity index (χ1) is 16.3. The van der Waals surface area contributed by atoms with E-state index in [4.69, 9.17) is 0 Å².